The third-order valence-corrected chi connectivity index (χ3v) is 12.1. The van der Waals surface area contributed by atoms with Crippen LogP contribution in [0.15, 0.2) is 0 Å². The minimum absolute atomic E-state index is 0.0150. The van der Waals surface area contributed by atoms with Crippen LogP contribution in [-0.2, 0) is 42.7 Å². The number of ether oxygens (including phenoxy) is 7. The maximum absolute atomic E-state index is 14.2. The van der Waals surface area contributed by atoms with Crippen LogP contribution in [0.4, 0.5) is 0 Å². The molecule has 0 aromatic carbocycles. The van der Waals surface area contributed by atoms with Crippen LogP contribution in [0.25, 0.3) is 0 Å². The van der Waals surface area contributed by atoms with Gasteiger partial charge in [0, 0.05) is 48.5 Å². The van der Waals surface area contributed by atoms with Gasteiger partial charge in [-0.25, -0.2) is 0 Å². The van der Waals surface area contributed by atoms with E-state index in [1.165, 1.54) is 35.1 Å². The second-order valence-corrected chi connectivity index (χ2v) is 16.3. The predicted octanol–water partition coefficient (Wildman–Crippen LogP) is 2.44. The monoisotopic (exact) mass is 750 g/mol. The maximum Gasteiger partial charge on any atom is 0.311 e. The standard InChI is InChI=1S/C38H69NO13/c1-15-26-38(10,45)31(42)21(4)28(40)19(2)17-37(9,47-14)33(52-35-29(41)25(39(11)12)16-20(3)48-35)22(5)30(23(6)34(44)50-26)51-27-18-36(8,46-13)32(43)24(7)49-27/h19-27,29-33,35,41-43,45H,15-18H2,1-14H3/t19-,20?,21+,22+,23-,24?,25?,26-,27?,29?,30+,31-,32?,33-,35?,36?,37-,38-/m1/s1/i11D3. The number of likely N-dealkylation sites (N-methyl/N-ethyl adjacent to an activating group) is 1. The molecule has 3 aliphatic rings. The number of aliphatic hydroxyl groups excluding tert-OH is 3. The summed E-state index contributed by atoms with van der Waals surface area (Å²) < 4.78 is 67.6. The summed E-state index contributed by atoms with van der Waals surface area (Å²) in [4.78, 5) is 29.3. The molecule has 8 unspecified atom stereocenters. The Morgan fingerprint density at radius 2 is 1.52 bits per heavy atom. The van der Waals surface area contributed by atoms with Gasteiger partial charge in [0.15, 0.2) is 12.6 Å². The predicted molar refractivity (Wildman–Crippen MR) is 191 cm³/mol. The smallest absolute Gasteiger partial charge is 0.311 e. The van der Waals surface area contributed by atoms with Crippen LogP contribution in [0.5, 0.6) is 0 Å². The number of hydrogen-bond donors (Lipinski definition) is 4. The zero-order valence-electron chi connectivity index (χ0n) is 36.4. The van der Waals surface area contributed by atoms with E-state index < -0.39 is 121 Å². The highest BCUT2D eigenvalue weighted by atomic mass is 16.7. The first-order valence-electron chi connectivity index (χ1n) is 20.2. The number of carbonyl (C=O) groups excluding carboxylic acids is 2. The molecular weight excluding hydrogens is 678 g/mol. The van der Waals surface area contributed by atoms with E-state index in [4.69, 9.17) is 37.3 Å². The molecule has 0 radical (unpaired) electrons. The van der Waals surface area contributed by atoms with Gasteiger partial charge in [-0.05, 0) is 74.8 Å². The SMILES string of the molecule is [2H]C([2H])([2H])N(C)C1CC(C)OC(O[C@@H]2[C@@H](C)[C@H](OC3CC(C)(OC)C(O)C(C)O3)[C@@H](C)C(=O)O[C@H](CC)[C@@](C)(O)[C@H](O)[C@@H](C)C(=O)[C@H](C)C[C@@]2(C)OC)C1O. The minimum atomic E-state index is -2.53. The summed E-state index contributed by atoms with van der Waals surface area (Å²) >= 11 is 0. The summed E-state index contributed by atoms with van der Waals surface area (Å²) in [5.74, 6) is -4.95. The Morgan fingerprint density at radius 1 is 0.904 bits per heavy atom. The summed E-state index contributed by atoms with van der Waals surface area (Å²) in [6.45, 7) is 13.9. The van der Waals surface area contributed by atoms with Crippen molar-refractivity contribution >= 4 is 11.8 Å². The second-order valence-electron chi connectivity index (χ2n) is 16.3. The van der Waals surface area contributed by atoms with Gasteiger partial charge in [0.05, 0.1) is 47.6 Å². The van der Waals surface area contributed by atoms with Gasteiger partial charge in [-0.2, -0.15) is 0 Å². The molecule has 0 amide bonds. The minimum Gasteiger partial charge on any atom is -0.459 e. The van der Waals surface area contributed by atoms with Gasteiger partial charge in [-0.15, -0.1) is 0 Å². The number of rotatable bonds is 8. The molecule has 14 heteroatoms. The molecule has 3 rings (SSSR count). The Bertz CT molecular complexity index is 1290. The number of methoxy groups -OCH3 is 2. The summed E-state index contributed by atoms with van der Waals surface area (Å²) in [5.41, 5.74) is -4.47. The van der Waals surface area contributed by atoms with Gasteiger partial charge in [0.1, 0.15) is 29.7 Å². The number of hydrogen-bond acceptors (Lipinski definition) is 14. The molecule has 3 aliphatic heterocycles. The van der Waals surface area contributed by atoms with Gasteiger partial charge < -0.3 is 58.5 Å². The molecule has 3 heterocycles. The molecule has 0 spiro atoms. The Morgan fingerprint density at radius 3 is 2.08 bits per heavy atom. The van der Waals surface area contributed by atoms with Crippen molar-refractivity contribution in [3.05, 3.63) is 0 Å². The average Bonchev–Trinajstić information content (AvgIpc) is 3.11. The average molecular weight is 751 g/mol. The number of aliphatic hydroxyl groups is 4. The molecule has 4 N–H and O–H groups in total. The summed E-state index contributed by atoms with van der Waals surface area (Å²) in [6.07, 6.45) is -10.8. The van der Waals surface area contributed by atoms with E-state index in [0.717, 1.165) is 4.90 Å². The first-order chi connectivity index (χ1) is 25.2. The molecule has 0 aromatic rings. The highest BCUT2D eigenvalue weighted by Gasteiger charge is 2.54. The van der Waals surface area contributed by atoms with Crippen molar-refractivity contribution in [1.29, 1.82) is 0 Å². The fourth-order valence-electron chi connectivity index (χ4n) is 8.46. The third-order valence-electron chi connectivity index (χ3n) is 12.1. The normalized spacial score (nSPS) is 50.1. The van der Waals surface area contributed by atoms with Crippen LogP contribution in [0.3, 0.4) is 0 Å². The van der Waals surface area contributed by atoms with Crippen molar-refractivity contribution in [3.8, 4) is 0 Å². The second kappa shape index (κ2) is 17.7. The lowest BCUT2D eigenvalue weighted by Crippen LogP contribution is -2.61. The lowest BCUT2D eigenvalue weighted by molar-refractivity contribution is -0.319. The molecule has 0 bridgehead atoms. The topological polar surface area (TPSA) is 183 Å². The number of Topliss-reactive ketones (excluding diaryl/α,β-unsaturated/α-hetero) is 1. The van der Waals surface area contributed by atoms with Gasteiger partial charge >= 0.3 is 5.97 Å². The van der Waals surface area contributed by atoms with E-state index in [2.05, 4.69) is 0 Å². The molecule has 3 fully saturated rings. The highest BCUT2D eigenvalue weighted by molar-refractivity contribution is 5.83. The molecular formula is C38H69NO13. The van der Waals surface area contributed by atoms with Gasteiger partial charge in [0.25, 0.3) is 0 Å². The molecule has 0 aromatic heterocycles. The van der Waals surface area contributed by atoms with Crippen molar-refractivity contribution < 1.29 is 67.3 Å². The molecule has 0 aliphatic carbocycles. The van der Waals surface area contributed by atoms with E-state index in [9.17, 15) is 30.0 Å². The molecule has 14 nitrogen and oxygen atoms in total. The molecule has 52 heavy (non-hydrogen) atoms. The lowest BCUT2D eigenvalue weighted by atomic mass is 9.74. The first-order valence-corrected chi connectivity index (χ1v) is 18.7. The Kier molecular flexibility index (Phi) is 13.7. The number of carbonyl (C=O) groups is 2. The zero-order chi connectivity index (χ0) is 42.2. The Hall–Kier alpha value is -1.30. The van der Waals surface area contributed by atoms with Crippen molar-refractivity contribution in [2.75, 3.05) is 28.2 Å². The molecule has 3 saturated heterocycles. The van der Waals surface area contributed by atoms with Crippen molar-refractivity contribution in [3.63, 3.8) is 0 Å². The fraction of sp³-hybridized carbons (Fsp3) is 0.947. The number of cyclic esters (lactones) is 1. The summed E-state index contributed by atoms with van der Waals surface area (Å²) in [6, 6.07) is -0.887. The fourth-order valence-corrected chi connectivity index (χ4v) is 8.46. The van der Waals surface area contributed by atoms with Crippen molar-refractivity contribution in [1.82, 2.24) is 4.90 Å². The zero-order valence-corrected chi connectivity index (χ0v) is 33.4. The highest BCUT2D eigenvalue weighted by Crippen LogP contribution is 2.41. The lowest BCUT2D eigenvalue weighted by Gasteiger charge is -2.50. The largest absolute Gasteiger partial charge is 0.459 e. The maximum atomic E-state index is 14.2. The number of ketones is 1. The van der Waals surface area contributed by atoms with Crippen molar-refractivity contribution in [2.24, 2.45) is 23.7 Å². The quantitative estimate of drug-likeness (QED) is 0.266. The van der Waals surface area contributed by atoms with Gasteiger partial charge in [-0.1, -0.05) is 27.7 Å². The van der Waals surface area contributed by atoms with E-state index >= 15 is 0 Å². The van der Waals surface area contributed by atoms with Gasteiger partial charge in [0.2, 0.25) is 0 Å². The Balaban J connectivity index is 2.24. The van der Waals surface area contributed by atoms with Crippen LogP contribution < -0.4 is 0 Å². The summed E-state index contributed by atoms with van der Waals surface area (Å²) in [7, 11) is 4.31. The Labute approximate surface area is 314 Å². The first kappa shape index (κ1) is 40.4. The van der Waals surface area contributed by atoms with E-state index in [1.54, 1.807) is 55.4 Å². The van der Waals surface area contributed by atoms with Crippen LogP contribution in [-0.4, -0.2) is 150 Å². The van der Waals surface area contributed by atoms with Gasteiger partial charge in [-0.3, -0.25) is 9.59 Å². The number of esters is 1. The van der Waals surface area contributed by atoms with Crippen molar-refractivity contribution in [2.45, 2.75) is 179 Å². The van der Waals surface area contributed by atoms with Crippen LogP contribution >= 0.6 is 0 Å². The molecule has 304 valence electrons. The summed E-state index contributed by atoms with van der Waals surface area (Å²) in [5, 5.41) is 45.7. The molecule has 0 saturated carbocycles. The van der Waals surface area contributed by atoms with E-state index in [0.29, 0.717) is 0 Å². The number of nitrogens with zero attached hydrogens (tertiary/aromatic N) is 1. The van der Waals surface area contributed by atoms with Crippen LogP contribution in [0.1, 0.15) is 99.0 Å². The van der Waals surface area contributed by atoms with E-state index in [-0.39, 0.29) is 31.5 Å². The van der Waals surface area contributed by atoms with Crippen LogP contribution in [0, 0.1) is 23.7 Å². The van der Waals surface area contributed by atoms with Crippen LogP contribution in [0.2, 0.25) is 0 Å². The third kappa shape index (κ3) is 9.38. The van der Waals surface area contributed by atoms with E-state index in [1.807, 2.05) is 0 Å². The molecule has 18 atom stereocenters.